The third kappa shape index (κ3) is 2.77. The minimum atomic E-state index is -0.150. The van der Waals surface area contributed by atoms with Crippen LogP contribution in [0.2, 0.25) is 0 Å². The van der Waals surface area contributed by atoms with Crippen LogP contribution in [0, 0.1) is 12.7 Å². The van der Waals surface area contributed by atoms with Crippen LogP contribution in [0.5, 0.6) is 0 Å². The molecule has 2 heterocycles. The summed E-state index contributed by atoms with van der Waals surface area (Å²) in [6.45, 7) is 6.48. The quantitative estimate of drug-likeness (QED) is 0.662. The highest BCUT2D eigenvalue weighted by Crippen LogP contribution is 2.38. The molecule has 0 spiro atoms. The molecule has 1 aromatic heterocycles. The summed E-state index contributed by atoms with van der Waals surface area (Å²) < 4.78 is 16.0. The number of hydrogen-bond acceptors (Lipinski definition) is 1. The molecule has 0 saturated carbocycles. The van der Waals surface area contributed by atoms with Crippen molar-refractivity contribution in [3.63, 3.8) is 0 Å². The SMILES string of the molecule is Cc1cccc2c3c(n(CCc4cccc(F)c4)c12)CCN(C)C3C. The molecule has 0 amide bonds. The van der Waals surface area contributed by atoms with E-state index in [0.717, 1.165) is 31.5 Å². The van der Waals surface area contributed by atoms with E-state index in [1.807, 2.05) is 6.07 Å². The summed E-state index contributed by atoms with van der Waals surface area (Å²) in [4.78, 5) is 2.43. The van der Waals surface area contributed by atoms with Crippen molar-refractivity contribution < 1.29 is 4.39 Å². The molecule has 0 fully saturated rings. The van der Waals surface area contributed by atoms with E-state index in [2.05, 4.69) is 48.6 Å². The Bertz CT molecular complexity index is 925. The maximum absolute atomic E-state index is 13.5. The first-order valence-corrected chi connectivity index (χ1v) is 9.11. The minimum Gasteiger partial charge on any atom is -0.344 e. The highest BCUT2D eigenvalue weighted by molar-refractivity contribution is 5.89. The number of likely N-dealkylation sites (N-methyl/N-ethyl adjacent to an activating group) is 1. The van der Waals surface area contributed by atoms with E-state index in [-0.39, 0.29) is 5.82 Å². The normalized spacial score (nSPS) is 17.8. The highest BCUT2D eigenvalue weighted by atomic mass is 19.1. The summed E-state index contributed by atoms with van der Waals surface area (Å²) in [7, 11) is 2.21. The molecule has 1 unspecified atom stereocenters. The monoisotopic (exact) mass is 336 g/mol. The van der Waals surface area contributed by atoms with Gasteiger partial charge in [-0.3, -0.25) is 4.90 Å². The van der Waals surface area contributed by atoms with Crippen molar-refractivity contribution in [2.45, 2.75) is 39.3 Å². The molecule has 0 N–H and O–H groups in total. The van der Waals surface area contributed by atoms with Crippen LogP contribution in [-0.2, 0) is 19.4 Å². The zero-order chi connectivity index (χ0) is 17.6. The predicted molar refractivity (Wildman–Crippen MR) is 102 cm³/mol. The number of fused-ring (bicyclic) bond motifs is 3. The molecule has 0 aliphatic carbocycles. The predicted octanol–water partition coefficient (Wildman–Crippen LogP) is 4.88. The molecule has 1 aliphatic rings. The van der Waals surface area contributed by atoms with Gasteiger partial charge in [-0.05, 0) is 56.1 Å². The first-order chi connectivity index (χ1) is 12.1. The second-order valence-corrected chi connectivity index (χ2v) is 7.27. The van der Waals surface area contributed by atoms with Gasteiger partial charge < -0.3 is 4.57 Å². The van der Waals surface area contributed by atoms with E-state index in [0.29, 0.717) is 6.04 Å². The summed E-state index contributed by atoms with van der Waals surface area (Å²) >= 11 is 0. The van der Waals surface area contributed by atoms with Crippen LogP contribution in [0.3, 0.4) is 0 Å². The van der Waals surface area contributed by atoms with E-state index in [4.69, 9.17) is 0 Å². The zero-order valence-corrected chi connectivity index (χ0v) is 15.2. The zero-order valence-electron chi connectivity index (χ0n) is 15.2. The summed E-state index contributed by atoms with van der Waals surface area (Å²) in [5, 5.41) is 1.38. The Labute approximate surface area is 148 Å². The first kappa shape index (κ1) is 16.3. The molecule has 0 bridgehead atoms. The lowest BCUT2D eigenvalue weighted by Crippen LogP contribution is -2.31. The molecule has 1 aliphatic heterocycles. The molecule has 1 atom stereocenters. The Kier molecular flexibility index (Phi) is 4.12. The molecule has 2 aromatic carbocycles. The average molecular weight is 336 g/mol. The Morgan fingerprint density at radius 3 is 2.76 bits per heavy atom. The Morgan fingerprint density at radius 1 is 1.16 bits per heavy atom. The van der Waals surface area contributed by atoms with E-state index >= 15 is 0 Å². The van der Waals surface area contributed by atoms with Gasteiger partial charge in [-0.15, -0.1) is 0 Å². The smallest absolute Gasteiger partial charge is 0.123 e. The minimum absolute atomic E-state index is 0.150. The number of halogens is 1. The number of nitrogens with zero attached hydrogens (tertiary/aromatic N) is 2. The van der Waals surface area contributed by atoms with Crippen LogP contribution in [0.15, 0.2) is 42.5 Å². The van der Waals surface area contributed by atoms with Crippen LogP contribution in [0.4, 0.5) is 4.39 Å². The van der Waals surface area contributed by atoms with Gasteiger partial charge in [0.1, 0.15) is 5.82 Å². The van der Waals surface area contributed by atoms with Crippen molar-refractivity contribution in [2.24, 2.45) is 0 Å². The Balaban J connectivity index is 1.80. The summed E-state index contributed by atoms with van der Waals surface area (Å²) in [5.74, 6) is -0.150. The molecular weight excluding hydrogens is 311 g/mol. The maximum atomic E-state index is 13.5. The summed E-state index contributed by atoms with van der Waals surface area (Å²) in [5.41, 5.74) is 6.68. The van der Waals surface area contributed by atoms with Crippen molar-refractivity contribution in [1.82, 2.24) is 9.47 Å². The lowest BCUT2D eigenvalue weighted by atomic mass is 9.97. The van der Waals surface area contributed by atoms with Gasteiger partial charge in [0, 0.05) is 36.6 Å². The molecule has 25 heavy (non-hydrogen) atoms. The largest absolute Gasteiger partial charge is 0.344 e. The summed E-state index contributed by atoms with van der Waals surface area (Å²) in [6, 6.07) is 14.0. The molecule has 3 aromatic rings. The van der Waals surface area contributed by atoms with Gasteiger partial charge in [-0.1, -0.05) is 30.3 Å². The Hall–Kier alpha value is -2.13. The van der Waals surface area contributed by atoms with E-state index < -0.39 is 0 Å². The van der Waals surface area contributed by atoms with Gasteiger partial charge in [-0.25, -0.2) is 4.39 Å². The number of aromatic nitrogens is 1. The first-order valence-electron chi connectivity index (χ1n) is 9.11. The number of hydrogen-bond donors (Lipinski definition) is 0. The van der Waals surface area contributed by atoms with E-state index in [1.165, 1.54) is 33.8 Å². The lowest BCUT2D eigenvalue weighted by molar-refractivity contribution is 0.245. The van der Waals surface area contributed by atoms with Gasteiger partial charge >= 0.3 is 0 Å². The second kappa shape index (κ2) is 6.30. The molecule has 0 radical (unpaired) electrons. The fourth-order valence-electron chi connectivity index (χ4n) is 4.28. The lowest BCUT2D eigenvalue weighted by Gasteiger charge is -2.31. The molecule has 3 heteroatoms. The van der Waals surface area contributed by atoms with Crippen LogP contribution < -0.4 is 0 Å². The van der Waals surface area contributed by atoms with Crippen molar-refractivity contribution in [2.75, 3.05) is 13.6 Å². The fourth-order valence-corrected chi connectivity index (χ4v) is 4.28. The average Bonchev–Trinajstić information content (AvgIpc) is 2.92. The van der Waals surface area contributed by atoms with Crippen LogP contribution in [0.1, 0.15) is 35.3 Å². The number of rotatable bonds is 3. The second-order valence-electron chi connectivity index (χ2n) is 7.27. The van der Waals surface area contributed by atoms with Gasteiger partial charge in [0.2, 0.25) is 0 Å². The third-order valence-corrected chi connectivity index (χ3v) is 5.73. The summed E-state index contributed by atoms with van der Waals surface area (Å²) in [6.07, 6.45) is 1.93. The fraction of sp³-hybridized carbons (Fsp3) is 0.364. The van der Waals surface area contributed by atoms with E-state index in [1.54, 1.807) is 12.1 Å². The molecule has 0 saturated heterocycles. The topological polar surface area (TPSA) is 8.17 Å². The highest BCUT2D eigenvalue weighted by Gasteiger charge is 2.28. The van der Waals surface area contributed by atoms with Crippen molar-refractivity contribution in [3.8, 4) is 0 Å². The van der Waals surface area contributed by atoms with Crippen LogP contribution >= 0.6 is 0 Å². The van der Waals surface area contributed by atoms with E-state index in [9.17, 15) is 4.39 Å². The number of aryl methyl sites for hydroxylation is 3. The van der Waals surface area contributed by atoms with Crippen molar-refractivity contribution in [1.29, 1.82) is 0 Å². The molecule has 4 rings (SSSR count). The molecular formula is C22H25FN2. The van der Waals surface area contributed by atoms with Crippen molar-refractivity contribution >= 4 is 10.9 Å². The number of benzene rings is 2. The molecule has 2 nitrogen and oxygen atoms in total. The van der Waals surface area contributed by atoms with Gasteiger partial charge in [-0.2, -0.15) is 0 Å². The standard InChI is InChI=1S/C22H25FN2/c1-15-6-4-9-19-21-16(2)24(3)12-11-20(21)25(22(15)19)13-10-17-7-5-8-18(23)14-17/h4-9,14,16H,10-13H2,1-3H3. The molecule has 130 valence electrons. The maximum Gasteiger partial charge on any atom is 0.123 e. The third-order valence-electron chi connectivity index (χ3n) is 5.73. The van der Waals surface area contributed by atoms with Crippen LogP contribution in [-0.4, -0.2) is 23.1 Å². The number of para-hydroxylation sites is 1. The van der Waals surface area contributed by atoms with Gasteiger partial charge in [0.05, 0.1) is 5.52 Å². The van der Waals surface area contributed by atoms with Crippen LogP contribution in [0.25, 0.3) is 10.9 Å². The van der Waals surface area contributed by atoms with Gasteiger partial charge in [0.15, 0.2) is 0 Å². The Morgan fingerprint density at radius 2 is 1.96 bits per heavy atom. The van der Waals surface area contributed by atoms with Crippen molar-refractivity contribution in [3.05, 3.63) is 70.7 Å². The van der Waals surface area contributed by atoms with Gasteiger partial charge in [0.25, 0.3) is 0 Å².